The molecular formula is C13H13N5O2S. The fourth-order valence-electron chi connectivity index (χ4n) is 2.20. The van der Waals surface area contributed by atoms with Crippen LogP contribution in [-0.4, -0.2) is 34.3 Å². The molecule has 2 aromatic heterocycles. The Balaban J connectivity index is 2.25. The average Bonchev–Trinajstić information content (AvgIpc) is 2.89. The van der Waals surface area contributed by atoms with Gasteiger partial charge in [-0.3, -0.25) is 4.40 Å². The van der Waals surface area contributed by atoms with Crippen LogP contribution in [0.2, 0.25) is 0 Å². The molecule has 3 rings (SSSR count). The predicted octanol–water partition coefficient (Wildman–Crippen LogP) is 1.09. The minimum Gasteiger partial charge on any atom is -0.369 e. The lowest BCUT2D eigenvalue weighted by Crippen LogP contribution is -2.02. The fraction of sp³-hybridized carbons (Fsp3) is 0.154. The maximum absolute atomic E-state index is 11.6. The molecule has 0 radical (unpaired) electrons. The number of hydrogen-bond donors (Lipinski definition) is 1. The van der Waals surface area contributed by atoms with Crippen molar-refractivity contribution in [1.29, 1.82) is 0 Å². The molecule has 8 heteroatoms. The standard InChI is InChI=1S/C13H13N5O2S/c1-8-5-9(21(2,19)20)3-4-10(8)11-6-15-13(14)18-7-16-17-12(11)18/h3-7H,1-2H3,(H2,14,15). The van der Waals surface area contributed by atoms with Crippen molar-refractivity contribution in [3.8, 4) is 11.1 Å². The Labute approximate surface area is 121 Å². The number of nitrogen functional groups attached to an aromatic ring is 1. The lowest BCUT2D eigenvalue weighted by atomic mass is 10.0. The maximum atomic E-state index is 11.6. The fourth-order valence-corrected chi connectivity index (χ4v) is 2.90. The lowest BCUT2D eigenvalue weighted by Gasteiger charge is -2.09. The molecule has 0 saturated carbocycles. The number of nitrogens with two attached hydrogens (primary N) is 1. The van der Waals surface area contributed by atoms with Crippen molar-refractivity contribution in [3.63, 3.8) is 0 Å². The highest BCUT2D eigenvalue weighted by Crippen LogP contribution is 2.28. The van der Waals surface area contributed by atoms with Crippen LogP contribution in [0.25, 0.3) is 16.8 Å². The van der Waals surface area contributed by atoms with E-state index in [4.69, 9.17) is 5.73 Å². The Bertz CT molecular complexity index is 946. The van der Waals surface area contributed by atoms with Gasteiger partial charge in [-0.2, -0.15) is 0 Å². The van der Waals surface area contributed by atoms with Crippen molar-refractivity contribution >= 4 is 21.4 Å². The van der Waals surface area contributed by atoms with E-state index in [2.05, 4.69) is 15.2 Å². The molecule has 0 amide bonds. The second-order valence-electron chi connectivity index (χ2n) is 4.80. The second-order valence-corrected chi connectivity index (χ2v) is 6.82. The third-order valence-electron chi connectivity index (χ3n) is 3.28. The Morgan fingerprint density at radius 3 is 2.67 bits per heavy atom. The van der Waals surface area contributed by atoms with Gasteiger partial charge in [0.05, 0.1) is 4.90 Å². The largest absolute Gasteiger partial charge is 0.369 e. The first-order valence-electron chi connectivity index (χ1n) is 6.13. The molecule has 0 saturated heterocycles. The number of fused-ring (bicyclic) bond motifs is 1. The molecule has 3 aromatic rings. The molecule has 0 aliphatic rings. The molecule has 0 spiro atoms. The van der Waals surface area contributed by atoms with Gasteiger partial charge >= 0.3 is 0 Å². The number of aryl methyl sites for hydroxylation is 1. The Morgan fingerprint density at radius 2 is 2.00 bits per heavy atom. The molecule has 0 aliphatic heterocycles. The van der Waals surface area contributed by atoms with Crippen LogP contribution in [0.15, 0.2) is 35.6 Å². The van der Waals surface area contributed by atoms with E-state index in [-0.39, 0.29) is 4.90 Å². The molecule has 0 aliphatic carbocycles. The quantitative estimate of drug-likeness (QED) is 0.760. The predicted molar refractivity (Wildman–Crippen MR) is 78.5 cm³/mol. The van der Waals surface area contributed by atoms with Crippen LogP contribution >= 0.6 is 0 Å². The molecule has 21 heavy (non-hydrogen) atoms. The highest BCUT2D eigenvalue weighted by molar-refractivity contribution is 7.90. The lowest BCUT2D eigenvalue weighted by molar-refractivity contribution is 0.602. The molecule has 2 N–H and O–H groups in total. The summed E-state index contributed by atoms with van der Waals surface area (Å²) in [4.78, 5) is 4.39. The van der Waals surface area contributed by atoms with Gasteiger partial charge in [0.1, 0.15) is 6.33 Å². The monoisotopic (exact) mass is 303 g/mol. The smallest absolute Gasteiger partial charge is 0.207 e. The molecule has 0 fully saturated rings. The van der Waals surface area contributed by atoms with Crippen LogP contribution in [0.4, 0.5) is 5.95 Å². The molecular weight excluding hydrogens is 290 g/mol. The average molecular weight is 303 g/mol. The van der Waals surface area contributed by atoms with Crippen LogP contribution in [-0.2, 0) is 9.84 Å². The third-order valence-corrected chi connectivity index (χ3v) is 4.39. The number of benzene rings is 1. The first-order valence-corrected chi connectivity index (χ1v) is 8.02. The molecule has 2 heterocycles. The minimum absolute atomic E-state index is 0.282. The zero-order valence-corrected chi connectivity index (χ0v) is 12.3. The first kappa shape index (κ1) is 13.5. The molecule has 7 nitrogen and oxygen atoms in total. The van der Waals surface area contributed by atoms with Gasteiger partial charge in [-0.05, 0) is 30.2 Å². The summed E-state index contributed by atoms with van der Waals surface area (Å²) in [6.45, 7) is 1.84. The van der Waals surface area contributed by atoms with E-state index in [1.807, 2.05) is 6.92 Å². The van der Waals surface area contributed by atoms with Crippen LogP contribution in [0.5, 0.6) is 0 Å². The highest BCUT2D eigenvalue weighted by Gasteiger charge is 2.14. The summed E-state index contributed by atoms with van der Waals surface area (Å²) in [5, 5.41) is 7.87. The van der Waals surface area contributed by atoms with Crippen molar-refractivity contribution in [3.05, 3.63) is 36.3 Å². The maximum Gasteiger partial charge on any atom is 0.207 e. The number of hydrogen-bond acceptors (Lipinski definition) is 6. The Morgan fingerprint density at radius 1 is 1.24 bits per heavy atom. The van der Waals surface area contributed by atoms with Crippen LogP contribution < -0.4 is 5.73 Å². The van der Waals surface area contributed by atoms with Crippen LogP contribution in [0, 0.1) is 6.92 Å². The van der Waals surface area contributed by atoms with Crippen LogP contribution in [0.1, 0.15) is 5.56 Å². The zero-order valence-electron chi connectivity index (χ0n) is 11.5. The van der Waals surface area contributed by atoms with Crippen molar-refractivity contribution in [2.24, 2.45) is 0 Å². The molecule has 0 unspecified atom stereocenters. The minimum atomic E-state index is -3.23. The van der Waals surface area contributed by atoms with Gasteiger partial charge < -0.3 is 5.73 Å². The molecule has 0 atom stereocenters. The van der Waals surface area contributed by atoms with E-state index in [1.165, 1.54) is 12.6 Å². The summed E-state index contributed by atoms with van der Waals surface area (Å²) < 4.78 is 24.8. The number of sulfone groups is 1. The van der Waals surface area contributed by atoms with Gasteiger partial charge in [0.25, 0.3) is 0 Å². The van der Waals surface area contributed by atoms with Crippen molar-refractivity contribution in [2.45, 2.75) is 11.8 Å². The van der Waals surface area contributed by atoms with Crippen molar-refractivity contribution < 1.29 is 8.42 Å². The van der Waals surface area contributed by atoms with E-state index in [9.17, 15) is 8.42 Å². The van der Waals surface area contributed by atoms with E-state index in [0.717, 1.165) is 16.7 Å². The van der Waals surface area contributed by atoms with E-state index in [0.29, 0.717) is 11.6 Å². The number of nitrogens with zero attached hydrogens (tertiary/aromatic N) is 4. The number of anilines is 1. The van der Waals surface area contributed by atoms with Gasteiger partial charge in [0.2, 0.25) is 5.95 Å². The molecule has 0 bridgehead atoms. The van der Waals surface area contributed by atoms with E-state index >= 15 is 0 Å². The SMILES string of the molecule is Cc1cc(S(C)(=O)=O)ccc1-c1cnc(N)n2cnnc12. The van der Waals surface area contributed by atoms with Gasteiger partial charge in [-0.1, -0.05) is 6.07 Å². The van der Waals surface area contributed by atoms with Gasteiger partial charge in [0.15, 0.2) is 15.5 Å². The van der Waals surface area contributed by atoms with Crippen LogP contribution in [0.3, 0.4) is 0 Å². The summed E-state index contributed by atoms with van der Waals surface area (Å²) in [5.74, 6) is 0.296. The number of aromatic nitrogens is 4. The molecule has 108 valence electrons. The Hall–Kier alpha value is -2.48. The van der Waals surface area contributed by atoms with Crippen molar-refractivity contribution in [2.75, 3.05) is 12.0 Å². The summed E-state index contributed by atoms with van der Waals surface area (Å²) >= 11 is 0. The zero-order chi connectivity index (χ0) is 15.2. The topological polar surface area (TPSA) is 103 Å². The van der Waals surface area contributed by atoms with E-state index in [1.54, 1.807) is 28.8 Å². The summed E-state index contributed by atoms with van der Waals surface area (Å²) in [6.07, 6.45) is 4.28. The highest BCUT2D eigenvalue weighted by atomic mass is 32.2. The summed E-state index contributed by atoms with van der Waals surface area (Å²) in [5.41, 5.74) is 8.74. The van der Waals surface area contributed by atoms with E-state index < -0.39 is 9.84 Å². The second kappa shape index (κ2) is 4.52. The third kappa shape index (κ3) is 2.23. The van der Waals surface area contributed by atoms with Crippen molar-refractivity contribution in [1.82, 2.24) is 19.6 Å². The molecule has 1 aromatic carbocycles. The van der Waals surface area contributed by atoms with Gasteiger partial charge in [0, 0.05) is 18.0 Å². The van der Waals surface area contributed by atoms with Gasteiger partial charge in [-0.25, -0.2) is 13.4 Å². The van der Waals surface area contributed by atoms with Gasteiger partial charge in [-0.15, -0.1) is 10.2 Å². The first-order chi connectivity index (χ1) is 9.88. The number of rotatable bonds is 2. The Kier molecular flexibility index (Phi) is 2.91. The summed E-state index contributed by atoms with van der Waals surface area (Å²) in [6, 6.07) is 4.95. The summed E-state index contributed by atoms with van der Waals surface area (Å²) in [7, 11) is -3.23. The normalized spacial score (nSPS) is 11.9.